The summed E-state index contributed by atoms with van der Waals surface area (Å²) in [6.07, 6.45) is 34.4. The van der Waals surface area contributed by atoms with Crippen LogP contribution in [0.25, 0.3) is 0 Å². The van der Waals surface area contributed by atoms with Gasteiger partial charge in [-0.25, -0.2) is 65.9 Å². The number of unbranched alkanes of at least 4 members (excludes halogenated alkanes) is 2. The normalized spacial score (nSPS) is 16.2. The van der Waals surface area contributed by atoms with E-state index in [-0.39, 0.29) is 27.8 Å². The fourth-order valence-electron chi connectivity index (χ4n) is 16.1. The molecule has 0 amide bonds. The van der Waals surface area contributed by atoms with Gasteiger partial charge in [0, 0.05) is 55.6 Å². The Morgan fingerprint density at radius 2 is 0.533 bits per heavy atom. The lowest BCUT2D eigenvalue weighted by atomic mass is 9.81. The minimum atomic E-state index is -1.47. The number of rotatable bonds is 11. The Kier molecular flexibility index (Phi) is 32.9. The second-order valence-corrected chi connectivity index (χ2v) is 31.7. The van der Waals surface area contributed by atoms with Crippen molar-refractivity contribution in [3.63, 3.8) is 0 Å². The Balaban J connectivity index is 0.000000149. The maximum atomic E-state index is 13.3. The highest BCUT2D eigenvalue weighted by Gasteiger charge is 2.24. The Labute approximate surface area is 707 Å². The smallest absolute Gasteiger partial charge is 0.194 e. The van der Waals surface area contributed by atoms with Gasteiger partial charge >= 0.3 is 0 Å². The summed E-state index contributed by atoms with van der Waals surface area (Å²) in [7, 11) is 0. The van der Waals surface area contributed by atoms with Crippen molar-refractivity contribution in [3.8, 4) is 59.2 Å². The maximum Gasteiger partial charge on any atom is 0.194 e. The molecule has 10 aromatic rings. The Morgan fingerprint density at radius 3 is 0.803 bits per heavy atom. The summed E-state index contributed by atoms with van der Waals surface area (Å²) in [4.78, 5) is 0. The zero-order valence-electron chi connectivity index (χ0n) is 68.5. The number of hydrogen-bond acceptors (Lipinski definition) is 0. The van der Waals surface area contributed by atoms with Gasteiger partial charge in [-0.2, -0.15) is 0 Å². The number of fused-ring (bicyclic) bond motifs is 5. The third-order valence-electron chi connectivity index (χ3n) is 22.7. The lowest BCUT2D eigenvalue weighted by Gasteiger charge is -2.24. The second kappa shape index (κ2) is 44.1. The summed E-state index contributed by atoms with van der Waals surface area (Å²) >= 11 is 0. The molecule has 0 N–H and O–H groups in total. The van der Waals surface area contributed by atoms with E-state index in [4.69, 9.17) is 0 Å². The first-order valence-electron chi connectivity index (χ1n) is 41.6. The van der Waals surface area contributed by atoms with Gasteiger partial charge in [0.05, 0.1) is 0 Å². The standard InChI is InChI=1S/C23H23F3.C22H19F3.C21H19F3.C21H17F3.C20H15F3/c1-2-3-4-5-16-8-10-20-13-17(9-11-19(20)12-16)6-7-18-14-21(24)23(26)22(25)15-18;1-2-3-4-15-7-9-19-12-16(8-10-18(19)11-15)5-6-17-13-20(23)22(25)21(24)14-17;2*1-2-3-14-6-8-18-11-15(7-9-17(18)10-14)4-5-16-12-19(22)21(24)20(23)13-16;1-2-13-5-7-17-10-14(6-8-16(17)9-13)3-4-15-11-18(21)20(23)19(22)12-15/h9,11,13-16H,2-5,8,10,12H2,1H3;2,8,10,12-15H,1,3-4,7,9,11H2;7,9,11-14H,2-3,6,8,10H2,1H3;2-3,7,9,11-14H,6,8,10H2,1H3;2,6,8,10-13H,1,5,7,9H2/b;;;3-2+;. The fraction of sp³-hybridized carbons (Fsp3) is 0.290. The molecule has 626 valence electrons. The van der Waals surface area contributed by atoms with Crippen molar-refractivity contribution < 1.29 is 65.9 Å². The SMILES string of the molecule is C/C=C/C1CCc2cc(C#Cc3cc(F)c(F)c(F)c3)ccc2C1.C=CC1CCc2cc(C#Cc3cc(F)c(F)c(F)c3)ccc2C1.C=CCCC1CCc2cc(C#Cc3cc(F)c(F)c(F)c3)ccc2C1.CCCC1CCc2cc(C#Cc3cc(F)c(F)c(F)c3)ccc2C1.CCCCCC1CCc2cc(C#Cc3cc(F)c(F)c(F)c3)ccc2C1. The van der Waals surface area contributed by atoms with Crippen LogP contribution in [-0.4, -0.2) is 0 Å². The van der Waals surface area contributed by atoms with E-state index in [2.05, 4.69) is 135 Å². The van der Waals surface area contributed by atoms with Gasteiger partial charge in [-0.15, -0.1) is 13.2 Å². The van der Waals surface area contributed by atoms with E-state index in [0.29, 0.717) is 17.8 Å². The summed E-state index contributed by atoms with van der Waals surface area (Å²) in [5.41, 5.74) is 17.8. The van der Waals surface area contributed by atoms with Crippen molar-refractivity contribution >= 4 is 0 Å². The number of hydrogen-bond donors (Lipinski definition) is 0. The van der Waals surface area contributed by atoms with Gasteiger partial charge in [0.25, 0.3) is 0 Å². The van der Waals surface area contributed by atoms with Crippen LogP contribution in [0.3, 0.4) is 0 Å². The first-order chi connectivity index (χ1) is 58.8. The third-order valence-corrected chi connectivity index (χ3v) is 22.7. The van der Waals surface area contributed by atoms with Gasteiger partial charge in [-0.05, 0) is 323 Å². The summed E-state index contributed by atoms with van der Waals surface area (Å²) in [6, 6.07) is 39.4. The van der Waals surface area contributed by atoms with Crippen LogP contribution in [-0.2, 0) is 64.2 Å². The molecule has 5 aliphatic carbocycles. The molecule has 0 bridgehead atoms. The molecule has 0 saturated heterocycles. The van der Waals surface area contributed by atoms with E-state index < -0.39 is 87.3 Å². The topological polar surface area (TPSA) is 0 Å². The van der Waals surface area contributed by atoms with Gasteiger partial charge in [0.15, 0.2) is 87.3 Å². The van der Waals surface area contributed by atoms with Crippen LogP contribution >= 0.6 is 0 Å². The van der Waals surface area contributed by atoms with E-state index in [9.17, 15) is 65.9 Å². The molecule has 0 saturated carbocycles. The minimum Gasteiger partial charge on any atom is -0.204 e. The third kappa shape index (κ3) is 25.6. The van der Waals surface area contributed by atoms with Crippen LogP contribution in [0.2, 0.25) is 0 Å². The van der Waals surface area contributed by atoms with Gasteiger partial charge in [-0.3, -0.25) is 0 Å². The van der Waals surface area contributed by atoms with E-state index >= 15 is 0 Å². The van der Waals surface area contributed by atoms with Crippen molar-refractivity contribution in [2.75, 3.05) is 0 Å². The molecule has 0 aliphatic heterocycles. The number of aryl methyl sites for hydroxylation is 5. The lowest BCUT2D eigenvalue weighted by Crippen LogP contribution is -2.14. The summed E-state index contributed by atoms with van der Waals surface area (Å²) < 4.78 is 197. The van der Waals surface area contributed by atoms with Crippen molar-refractivity contribution in [2.24, 2.45) is 29.6 Å². The maximum absolute atomic E-state index is 13.3. The number of halogens is 15. The van der Waals surface area contributed by atoms with Gasteiger partial charge in [0.1, 0.15) is 0 Å². The van der Waals surface area contributed by atoms with Crippen LogP contribution < -0.4 is 0 Å². The molecular weight excluding hydrogens is 1570 g/mol. The molecule has 15 rings (SSSR count). The van der Waals surface area contributed by atoms with Crippen LogP contribution in [0.4, 0.5) is 65.9 Å². The van der Waals surface area contributed by atoms with E-state index in [1.165, 1.54) is 113 Å². The molecular formula is C107H93F15. The van der Waals surface area contributed by atoms with Crippen molar-refractivity contribution in [1.82, 2.24) is 0 Å². The predicted molar refractivity (Wildman–Crippen MR) is 455 cm³/mol. The van der Waals surface area contributed by atoms with Gasteiger partial charge in [0.2, 0.25) is 0 Å². The summed E-state index contributed by atoms with van der Waals surface area (Å²) in [5.74, 6) is 11.9. The molecule has 0 spiro atoms. The van der Waals surface area contributed by atoms with Crippen molar-refractivity contribution in [3.05, 3.63) is 388 Å². The molecule has 0 fully saturated rings. The first kappa shape index (κ1) is 90.9. The molecule has 5 aliphatic rings. The van der Waals surface area contributed by atoms with Crippen LogP contribution in [0.5, 0.6) is 0 Å². The highest BCUT2D eigenvalue weighted by Crippen LogP contribution is 2.35. The van der Waals surface area contributed by atoms with E-state index in [1.54, 1.807) is 0 Å². The van der Waals surface area contributed by atoms with E-state index in [1.807, 2.05) is 73.7 Å². The average molecular weight is 1660 g/mol. The monoisotopic (exact) mass is 1660 g/mol. The highest BCUT2D eigenvalue weighted by molar-refractivity contribution is 5.53. The predicted octanol–water partition coefficient (Wildman–Crippen LogP) is 27.2. The molecule has 0 radical (unpaired) electrons. The zero-order chi connectivity index (χ0) is 86.9. The second-order valence-electron chi connectivity index (χ2n) is 31.7. The lowest BCUT2D eigenvalue weighted by molar-refractivity contribution is 0.408. The van der Waals surface area contributed by atoms with E-state index in [0.717, 1.165) is 190 Å². The molecule has 0 heterocycles. The Morgan fingerprint density at radius 1 is 0.279 bits per heavy atom. The minimum absolute atomic E-state index is 0.117. The van der Waals surface area contributed by atoms with Crippen LogP contribution in [0, 0.1) is 176 Å². The Hall–Kier alpha value is -11.8. The molecule has 5 unspecified atom stereocenters. The largest absolute Gasteiger partial charge is 0.204 e. The van der Waals surface area contributed by atoms with Crippen LogP contribution in [0.1, 0.15) is 216 Å². The number of benzene rings is 10. The molecule has 15 heteroatoms. The van der Waals surface area contributed by atoms with Crippen molar-refractivity contribution in [1.29, 1.82) is 0 Å². The quantitative estimate of drug-likeness (QED) is 0.0398. The number of allylic oxidation sites excluding steroid dienone is 4. The molecule has 5 atom stereocenters. The van der Waals surface area contributed by atoms with Gasteiger partial charge < -0.3 is 0 Å². The molecule has 122 heavy (non-hydrogen) atoms. The van der Waals surface area contributed by atoms with Crippen molar-refractivity contribution in [2.45, 2.75) is 168 Å². The Bertz CT molecular complexity index is 5730. The van der Waals surface area contributed by atoms with Crippen LogP contribution in [0.15, 0.2) is 189 Å². The summed E-state index contributed by atoms with van der Waals surface area (Å²) in [6.45, 7) is 14.1. The fourth-order valence-corrected chi connectivity index (χ4v) is 16.1. The molecule has 0 nitrogen and oxygen atoms in total. The molecule has 0 aromatic heterocycles. The average Bonchev–Trinajstić information content (AvgIpc) is 0.831. The zero-order valence-corrected chi connectivity index (χ0v) is 68.5. The summed E-state index contributed by atoms with van der Waals surface area (Å²) in [5, 5.41) is 0. The first-order valence-corrected chi connectivity index (χ1v) is 41.6. The highest BCUT2D eigenvalue weighted by atomic mass is 19.2. The van der Waals surface area contributed by atoms with Gasteiger partial charge in [-0.1, -0.05) is 166 Å². The molecule has 10 aromatic carbocycles.